The predicted molar refractivity (Wildman–Crippen MR) is 269 cm³/mol. The van der Waals surface area contributed by atoms with E-state index in [1.165, 1.54) is 225 Å². The molecule has 0 radical (unpaired) electrons. The van der Waals surface area contributed by atoms with Crippen LogP contribution in [0.1, 0.15) is 309 Å². The van der Waals surface area contributed by atoms with E-state index in [2.05, 4.69) is 19.2 Å². The second-order valence-electron chi connectivity index (χ2n) is 19.3. The summed E-state index contributed by atoms with van der Waals surface area (Å²) in [4.78, 5) is 24.5. The molecule has 0 rings (SSSR count). The minimum atomic E-state index is -0.850. The summed E-state index contributed by atoms with van der Waals surface area (Å²) in [5.41, 5.74) is 0. The molecule has 368 valence electrons. The number of hydrogen-bond donors (Lipinski definition) is 3. The van der Waals surface area contributed by atoms with E-state index in [1.54, 1.807) is 6.08 Å². The van der Waals surface area contributed by atoms with E-state index < -0.39 is 12.1 Å². The Labute approximate surface area is 387 Å². The van der Waals surface area contributed by atoms with Crippen molar-refractivity contribution in [1.82, 2.24) is 5.32 Å². The highest BCUT2D eigenvalue weighted by atomic mass is 16.5. The fourth-order valence-electron chi connectivity index (χ4n) is 8.75. The average Bonchev–Trinajstić information content (AvgIpc) is 3.27. The highest BCUT2D eigenvalue weighted by Crippen LogP contribution is 2.17. The van der Waals surface area contributed by atoms with Crippen LogP contribution in [0.5, 0.6) is 0 Å². The fourth-order valence-corrected chi connectivity index (χ4v) is 8.75. The molecule has 0 aromatic rings. The Hall–Kier alpha value is -1.40. The molecule has 0 aliphatic heterocycles. The Kier molecular flexibility index (Phi) is 51.0. The van der Waals surface area contributed by atoms with Gasteiger partial charge < -0.3 is 20.3 Å². The summed E-state index contributed by atoms with van der Waals surface area (Å²) < 4.78 is 5.48. The van der Waals surface area contributed by atoms with Crippen molar-refractivity contribution in [3.8, 4) is 0 Å². The van der Waals surface area contributed by atoms with Crippen molar-refractivity contribution in [2.75, 3.05) is 13.2 Å². The van der Waals surface area contributed by atoms with Crippen molar-refractivity contribution in [2.45, 2.75) is 321 Å². The third kappa shape index (κ3) is 48.1. The molecule has 62 heavy (non-hydrogen) atoms. The number of allylic oxidation sites excluding steroid dienone is 1. The molecule has 0 saturated heterocycles. The number of carbonyl (C=O) groups excluding carboxylic acids is 2. The van der Waals surface area contributed by atoms with Crippen LogP contribution in [0, 0.1) is 0 Å². The average molecular weight is 876 g/mol. The van der Waals surface area contributed by atoms with E-state index in [1.807, 2.05) is 6.08 Å². The van der Waals surface area contributed by atoms with Gasteiger partial charge in [0.2, 0.25) is 5.91 Å². The third-order valence-electron chi connectivity index (χ3n) is 13.1. The SMILES string of the molecule is CCCCCCCCCCCCCCC/C=C/C(O)C(CO)NC(=O)CCCCCCCCCCCCCCCCOC(=O)CCCCCCCCCCCCCCCCCC. The van der Waals surface area contributed by atoms with Crippen molar-refractivity contribution < 1.29 is 24.5 Å². The van der Waals surface area contributed by atoms with Crippen molar-refractivity contribution in [2.24, 2.45) is 0 Å². The molecule has 0 spiro atoms. The van der Waals surface area contributed by atoms with Crippen LogP contribution in [0.15, 0.2) is 12.2 Å². The van der Waals surface area contributed by atoms with Gasteiger partial charge in [0, 0.05) is 12.8 Å². The molecule has 0 aromatic carbocycles. The van der Waals surface area contributed by atoms with Crippen molar-refractivity contribution in [3.05, 3.63) is 12.2 Å². The van der Waals surface area contributed by atoms with Crippen molar-refractivity contribution >= 4 is 11.9 Å². The van der Waals surface area contributed by atoms with Crippen LogP contribution in [-0.4, -0.2) is 47.4 Å². The van der Waals surface area contributed by atoms with Crippen LogP contribution in [-0.2, 0) is 14.3 Å². The number of nitrogens with one attached hydrogen (secondary N) is 1. The molecular weight excluding hydrogens is 767 g/mol. The van der Waals surface area contributed by atoms with Gasteiger partial charge >= 0.3 is 5.97 Å². The first-order valence-corrected chi connectivity index (χ1v) is 28.0. The number of hydrogen-bond acceptors (Lipinski definition) is 5. The second-order valence-corrected chi connectivity index (χ2v) is 19.3. The first-order chi connectivity index (χ1) is 30.5. The van der Waals surface area contributed by atoms with Crippen molar-refractivity contribution in [1.29, 1.82) is 0 Å². The Morgan fingerprint density at radius 3 is 1.10 bits per heavy atom. The van der Waals surface area contributed by atoms with Gasteiger partial charge in [0.05, 0.1) is 25.4 Å². The second kappa shape index (κ2) is 52.2. The molecule has 6 heteroatoms. The van der Waals surface area contributed by atoms with Crippen LogP contribution in [0.25, 0.3) is 0 Å². The van der Waals surface area contributed by atoms with E-state index in [0.717, 1.165) is 57.8 Å². The van der Waals surface area contributed by atoms with Crippen LogP contribution < -0.4 is 5.32 Å². The van der Waals surface area contributed by atoms with Gasteiger partial charge in [-0.1, -0.05) is 276 Å². The summed E-state index contributed by atoms with van der Waals surface area (Å²) in [5.74, 6) is -0.0761. The van der Waals surface area contributed by atoms with E-state index in [9.17, 15) is 19.8 Å². The minimum absolute atomic E-state index is 0.000409. The molecule has 2 unspecified atom stereocenters. The number of amides is 1. The van der Waals surface area contributed by atoms with E-state index in [4.69, 9.17) is 4.74 Å². The number of carbonyl (C=O) groups is 2. The summed E-state index contributed by atoms with van der Waals surface area (Å²) in [5, 5.41) is 23.1. The largest absolute Gasteiger partial charge is 0.466 e. The molecular formula is C56H109NO5. The van der Waals surface area contributed by atoms with Gasteiger partial charge in [0.1, 0.15) is 0 Å². The number of esters is 1. The molecule has 0 heterocycles. The Morgan fingerprint density at radius 2 is 0.742 bits per heavy atom. The zero-order valence-electron chi connectivity index (χ0n) is 41.9. The summed E-state index contributed by atoms with van der Waals surface area (Å²) >= 11 is 0. The number of unbranched alkanes of at least 4 members (excludes halogenated alkanes) is 41. The topological polar surface area (TPSA) is 95.9 Å². The molecule has 0 saturated carbocycles. The zero-order valence-corrected chi connectivity index (χ0v) is 41.9. The maximum Gasteiger partial charge on any atom is 0.305 e. The molecule has 6 nitrogen and oxygen atoms in total. The fraction of sp³-hybridized carbons (Fsp3) is 0.929. The molecule has 0 bridgehead atoms. The molecule has 0 aliphatic carbocycles. The first kappa shape index (κ1) is 60.6. The van der Waals surface area contributed by atoms with Gasteiger partial charge in [-0.05, 0) is 32.1 Å². The van der Waals surface area contributed by atoms with Crippen LogP contribution in [0.3, 0.4) is 0 Å². The molecule has 3 N–H and O–H groups in total. The van der Waals surface area contributed by atoms with Gasteiger partial charge in [0.15, 0.2) is 0 Å². The summed E-state index contributed by atoms with van der Waals surface area (Å²) in [7, 11) is 0. The van der Waals surface area contributed by atoms with Crippen molar-refractivity contribution in [3.63, 3.8) is 0 Å². The van der Waals surface area contributed by atoms with Gasteiger partial charge in [-0.25, -0.2) is 0 Å². The Bertz CT molecular complexity index is 924. The Morgan fingerprint density at radius 1 is 0.435 bits per heavy atom. The van der Waals surface area contributed by atoms with E-state index in [0.29, 0.717) is 19.4 Å². The molecule has 0 fully saturated rings. The maximum absolute atomic E-state index is 12.4. The standard InChI is InChI=1S/C56H109NO5/c1-3-5-7-9-11-13-15-17-19-21-26-30-34-38-42-46-50-56(61)62-51-47-43-39-35-31-27-23-22-25-29-33-37-41-45-49-55(60)57-53(52-58)54(59)48-44-40-36-32-28-24-20-18-16-14-12-10-8-6-4-2/h44,48,53-54,58-59H,3-43,45-47,49-52H2,1-2H3,(H,57,60)/b48-44+. The molecule has 0 aliphatic rings. The molecule has 2 atom stereocenters. The van der Waals surface area contributed by atoms with E-state index in [-0.39, 0.29) is 18.5 Å². The number of aliphatic hydroxyl groups excluding tert-OH is 2. The number of ether oxygens (including phenoxy) is 1. The van der Waals surface area contributed by atoms with Gasteiger partial charge in [-0.3, -0.25) is 9.59 Å². The monoisotopic (exact) mass is 876 g/mol. The number of aliphatic hydroxyl groups is 2. The number of rotatable bonds is 52. The summed E-state index contributed by atoms with van der Waals surface area (Å²) in [6, 6.07) is -0.634. The lowest BCUT2D eigenvalue weighted by Gasteiger charge is -2.20. The third-order valence-corrected chi connectivity index (χ3v) is 13.1. The minimum Gasteiger partial charge on any atom is -0.466 e. The lowest BCUT2D eigenvalue weighted by molar-refractivity contribution is -0.143. The highest BCUT2D eigenvalue weighted by molar-refractivity contribution is 5.76. The normalized spacial score (nSPS) is 12.6. The van der Waals surface area contributed by atoms with Gasteiger partial charge in [-0.2, -0.15) is 0 Å². The zero-order chi connectivity index (χ0) is 45.1. The molecule has 1 amide bonds. The summed E-state index contributed by atoms with van der Waals surface area (Å²) in [6.07, 6.45) is 60.8. The Balaban J connectivity index is 3.44. The maximum atomic E-state index is 12.4. The van der Waals surface area contributed by atoms with Crippen LogP contribution >= 0.6 is 0 Å². The smallest absolute Gasteiger partial charge is 0.305 e. The van der Waals surface area contributed by atoms with Crippen LogP contribution in [0.2, 0.25) is 0 Å². The molecule has 0 aromatic heterocycles. The first-order valence-electron chi connectivity index (χ1n) is 28.0. The van der Waals surface area contributed by atoms with Gasteiger partial charge in [-0.15, -0.1) is 0 Å². The lowest BCUT2D eigenvalue weighted by atomic mass is 10.0. The quantitative estimate of drug-likeness (QED) is 0.0321. The van der Waals surface area contributed by atoms with Crippen LogP contribution in [0.4, 0.5) is 0 Å². The van der Waals surface area contributed by atoms with Gasteiger partial charge in [0.25, 0.3) is 0 Å². The predicted octanol–water partition coefficient (Wildman–Crippen LogP) is 16.9. The van der Waals surface area contributed by atoms with E-state index >= 15 is 0 Å². The summed E-state index contributed by atoms with van der Waals surface area (Å²) in [6.45, 7) is 4.90. The lowest BCUT2D eigenvalue weighted by Crippen LogP contribution is -2.45. The highest BCUT2D eigenvalue weighted by Gasteiger charge is 2.18.